The maximum Gasteiger partial charge on any atom is 0.343 e. The Morgan fingerprint density at radius 2 is 1.20 bits per heavy atom. The number of hydrogen-bond acceptors (Lipinski definition) is 14. The predicted molar refractivity (Wildman–Crippen MR) is 257 cm³/mol. The van der Waals surface area contributed by atoms with E-state index in [1.165, 1.54) is 17.6 Å². The fraction of sp³-hybridized carbons (Fsp3) is 0.346. The zero-order valence-electron chi connectivity index (χ0n) is 37.3. The fourth-order valence-electron chi connectivity index (χ4n) is 7.14. The highest BCUT2D eigenvalue weighted by Crippen LogP contribution is 2.36. The summed E-state index contributed by atoms with van der Waals surface area (Å²) in [4.78, 5) is 52.0. The Hall–Kier alpha value is -6.80. The first kappa shape index (κ1) is 50.2. The summed E-state index contributed by atoms with van der Waals surface area (Å²) in [6, 6.07) is 27.2. The second-order valence-electron chi connectivity index (χ2n) is 15.5. The summed E-state index contributed by atoms with van der Waals surface area (Å²) >= 11 is 1.52. The van der Waals surface area contributed by atoms with E-state index in [2.05, 4.69) is 18.1 Å². The molecule has 13 nitrogen and oxygen atoms in total. The first-order chi connectivity index (χ1) is 32.1. The van der Waals surface area contributed by atoms with Gasteiger partial charge >= 0.3 is 23.9 Å². The third-order valence-corrected chi connectivity index (χ3v) is 11.6. The molecular weight excluding hydrogens is 859 g/mol. The second-order valence-corrected chi connectivity index (χ2v) is 16.6. The van der Waals surface area contributed by atoms with Gasteiger partial charge in [-0.05, 0) is 161 Å². The minimum atomic E-state index is -0.525. The summed E-state index contributed by atoms with van der Waals surface area (Å²) in [5, 5.41) is 8.62. The molecule has 6 rings (SSSR count). The third kappa shape index (κ3) is 17.0. The van der Waals surface area contributed by atoms with E-state index in [1.54, 1.807) is 54.6 Å². The zero-order chi connectivity index (χ0) is 46.9. The van der Waals surface area contributed by atoms with Crippen molar-refractivity contribution in [3.8, 4) is 17.2 Å². The van der Waals surface area contributed by atoms with Crippen molar-refractivity contribution in [2.45, 2.75) is 89.1 Å². The number of para-hydroxylation sites is 1. The van der Waals surface area contributed by atoms with Crippen LogP contribution in [-0.2, 0) is 23.8 Å². The van der Waals surface area contributed by atoms with Crippen LogP contribution in [0, 0.1) is 5.41 Å². The van der Waals surface area contributed by atoms with Crippen LogP contribution in [0.25, 0.3) is 10.2 Å². The van der Waals surface area contributed by atoms with Gasteiger partial charge in [0.25, 0.3) is 0 Å². The Morgan fingerprint density at radius 1 is 0.667 bits per heavy atom. The van der Waals surface area contributed by atoms with Crippen LogP contribution in [0.1, 0.15) is 115 Å². The van der Waals surface area contributed by atoms with E-state index in [-0.39, 0.29) is 18.0 Å². The molecule has 0 radical (unpaired) electrons. The van der Waals surface area contributed by atoms with Crippen molar-refractivity contribution in [2.24, 2.45) is 0 Å². The van der Waals surface area contributed by atoms with E-state index in [1.807, 2.05) is 36.4 Å². The lowest BCUT2D eigenvalue weighted by Crippen LogP contribution is -2.24. The predicted octanol–water partition coefficient (Wildman–Crippen LogP) is 11.0. The van der Waals surface area contributed by atoms with Crippen LogP contribution in [0.5, 0.6) is 17.2 Å². The van der Waals surface area contributed by atoms with Crippen molar-refractivity contribution in [2.75, 3.05) is 32.2 Å². The molecule has 1 aliphatic carbocycles. The largest absolute Gasteiger partial charge is 0.494 e. The summed E-state index contributed by atoms with van der Waals surface area (Å²) in [5.74, 6) is 0.199. The van der Waals surface area contributed by atoms with Crippen LogP contribution in [0.2, 0.25) is 0 Å². The number of hydrogen-bond donors (Lipinski definition) is 2. The topological polar surface area (TPSA) is 186 Å². The number of anilines is 1. The van der Waals surface area contributed by atoms with Gasteiger partial charge in [0.2, 0.25) is 0 Å². The molecular formula is C52H59N3O10S. The Kier molecular flexibility index (Phi) is 20.9. The SMILES string of the molecule is C=CC(=O)OCCCCCCOc1ccc(C(=O)Oc2ccc(C3CCC(OC(=O)c4ccc(OCCCCCCOC(=O)C=C)cc4)CC3)cc2C=N)cc1.Nc1nc2ccccc2s1. The first-order valence-corrected chi connectivity index (χ1v) is 23.2. The molecule has 1 heterocycles. The summed E-state index contributed by atoms with van der Waals surface area (Å²) in [6.07, 6.45) is 13.5. The Balaban J connectivity index is 0.000000711. The summed E-state index contributed by atoms with van der Waals surface area (Å²) in [7, 11) is 0. The van der Waals surface area contributed by atoms with Gasteiger partial charge in [-0.1, -0.05) is 42.7 Å². The van der Waals surface area contributed by atoms with Crippen molar-refractivity contribution in [3.63, 3.8) is 0 Å². The molecule has 1 saturated carbocycles. The number of carbonyl (C=O) groups is 4. The number of rotatable bonds is 24. The molecule has 5 aromatic rings. The summed E-state index contributed by atoms with van der Waals surface area (Å²) < 4.78 is 34.2. The van der Waals surface area contributed by atoms with Gasteiger partial charge < -0.3 is 39.6 Å². The average Bonchev–Trinajstić information content (AvgIpc) is 3.74. The highest BCUT2D eigenvalue weighted by Gasteiger charge is 2.26. The fourth-order valence-corrected chi connectivity index (χ4v) is 7.88. The van der Waals surface area contributed by atoms with Gasteiger partial charge in [0.1, 0.15) is 23.4 Å². The maximum absolute atomic E-state index is 12.9. The van der Waals surface area contributed by atoms with Crippen LogP contribution >= 0.6 is 11.3 Å². The monoisotopic (exact) mass is 917 g/mol. The Bertz CT molecular complexity index is 2320. The van der Waals surface area contributed by atoms with Crippen molar-refractivity contribution in [3.05, 3.63) is 139 Å². The normalized spacial score (nSPS) is 14.1. The van der Waals surface area contributed by atoms with Gasteiger partial charge in [-0.3, -0.25) is 0 Å². The van der Waals surface area contributed by atoms with E-state index in [4.69, 9.17) is 39.6 Å². The molecule has 3 N–H and O–H groups in total. The number of aromatic nitrogens is 1. The minimum Gasteiger partial charge on any atom is -0.494 e. The lowest BCUT2D eigenvalue weighted by Gasteiger charge is -2.29. The van der Waals surface area contributed by atoms with Crippen molar-refractivity contribution in [1.29, 1.82) is 5.41 Å². The van der Waals surface area contributed by atoms with E-state index in [0.717, 1.165) is 105 Å². The van der Waals surface area contributed by atoms with Gasteiger partial charge in [-0.15, -0.1) is 0 Å². The first-order valence-electron chi connectivity index (χ1n) is 22.4. The number of thiazole rings is 1. The van der Waals surface area contributed by atoms with Crippen LogP contribution in [0.4, 0.5) is 5.13 Å². The molecule has 0 atom stereocenters. The van der Waals surface area contributed by atoms with E-state index >= 15 is 0 Å². The average molecular weight is 918 g/mol. The summed E-state index contributed by atoms with van der Waals surface area (Å²) in [6.45, 7) is 8.62. The molecule has 14 heteroatoms. The lowest BCUT2D eigenvalue weighted by molar-refractivity contribution is -0.138. The van der Waals surface area contributed by atoms with Crippen molar-refractivity contribution < 1.29 is 47.6 Å². The number of nitrogen functional groups attached to an aromatic ring is 1. The van der Waals surface area contributed by atoms with Gasteiger partial charge in [0, 0.05) is 23.9 Å². The molecule has 4 aromatic carbocycles. The highest BCUT2D eigenvalue weighted by atomic mass is 32.1. The number of unbranched alkanes of at least 4 members (excludes halogenated alkanes) is 6. The number of nitrogens with zero attached hydrogens (tertiary/aromatic N) is 1. The van der Waals surface area contributed by atoms with E-state index in [0.29, 0.717) is 65.5 Å². The van der Waals surface area contributed by atoms with E-state index in [9.17, 15) is 19.2 Å². The summed E-state index contributed by atoms with van der Waals surface area (Å²) in [5.41, 5.74) is 8.90. The molecule has 0 aliphatic heterocycles. The Morgan fingerprint density at radius 3 is 1.73 bits per heavy atom. The molecule has 1 aliphatic rings. The molecule has 0 unspecified atom stereocenters. The van der Waals surface area contributed by atoms with Gasteiger partial charge in [-0.25, -0.2) is 24.2 Å². The number of benzene rings is 4. The number of carbonyl (C=O) groups excluding carboxylic acids is 4. The molecule has 0 bridgehead atoms. The van der Waals surface area contributed by atoms with Crippen LogP contribution in [0.15, 0.2) is 116 Å². The molecule has 0 amide bonds. The van der Waals surface area contributed by atoms with Crippen LogP contribution < -0.4 is 19.9 Å². The van der Waals surface area contributed by atoms with Gasteiger partial charge in [0.15, 0.2) is 5.13 Å². The van der Waals surface area contributed by atoms with Crippen LogP contribution in [0.3, 0.4) is 0 Å². The lowest BCUT2D eigenvalue weighted by atomic mass is 9.82. The standard InChI is InChI=1S/C45H53NO10.C7H6N2S/c1-3-42(47)53-29-11-7-5-9-27-51-38-20-15-34(16-21-38)44(49)55-40-24-13-33(14-25-40)36-19-26-41(37(31-36)32-46)56-45(50)35-17-22-39(23-18-35)52-28-10-6-8-12-30-54-43(48)4-2;8-7-9-5-3-1-2-4-6(5)10-7/h3-4,15-23,26,31-33,40,46H,1-2,5-14,24-25,27-30H2;1-4H,(H2,8,9). The number of esters is 4. The number of fused-ring (bicyclic) bond motifs is 1. The molecule has 0 spiro atoms. The number of nitrogens with two attached hydrogens (primary N) is 1. The smallest absolute Gasteiger partial charge is 0.343 e. The third-order valence-electron chi connectivity index (χ3n) is 10.7. The number of ether oxygens (including phenoxy) is 6. The quantitative estimate of drug-likeness (QED) is 0.0149. The molecule has 348 valence electrons. The van der Waals surface area contributed by atoms with Crippen molar-refractivity contribution in [1.82, 2.24) is 4.98 Å². The van der Waals surface area contributed by atoms with Crippen molar-refractivity contribution >= 4 is 56.8 Å². The zero-order valence-corrected chi connectivity index (χ0v) is 38.1. The molecule has 1 fully saturated rings. The second kappa shape index (κ2) is 27.5. The van der Waals surface area contributed by atoms with Gasteiger partial charge in [-0.2, -0.15) is 0 Å². The molecule has 0 saturated heterocycles. The maximum atomic E-state index is 12.9. The van der Waals surface area contributed by atoms with Gasteiger partial charge in [0.05, 0.1) is 47.8 Å². The van der Waals surface area contributed by atoms with E-state index < -0.39 is 17.9 Å². The molecule has 66 heavy (non-hydrogen) atoms. The number of nitrogens with one attached hydrogen (secondary N) is 1. The minimum absolute atomic E-state index is 0.179. The Labute approximate surface area is 390 Å². The highest BCUT2D eigenvalue weighted by molar-refractivity contribution is 7.22. The van der Waals surface area contributed by atoms with Crippen LogP contribution in [-0.4, -0.2) is 67.6 Å². The molecule has 1 aromatic heterocycles.